The van der Waals surface area contributed by atoms with Crippen LogP contribution in [0.15, 0.2) is 24.4 Å². The first-order valence-electron chi connectivity index (χ1n) is 8.77. The lowest BCUT2D eigenvalue weighted by molar-refractivity contribution is -0.136. The van der Waals surface area contributed by atoms with Gasteiger partial charge >= 0.3 is 0 Å². The second-order valence-corrected chi connectivity index (χ2v) is 6.59. The van der Waals surface area contributed by atoms with Crippen molar-refractivity contribution in [2.75, 3.05) is 53.0 Å². The van der Waals surface area contributed by atoms with E-state index >= 15 is 0 Å². The van der Waals surface area contributed by atoms with Crippen molar-refractivity contribution in [3.05, 3.63) is 30.1 Å². The molecule has 132 valence electrons. The largest absolute Gasteiger partial charge is 0.383 e. The number of nitrogens with zero attached hydrogens (tertiary/aromatic N) is 3. The van der Waals surface area contributed by atoms with E-state index in [9.17, 15) is 4.79 Å². The number of fused-ring (bicyclic) bond motifs is 1. The molecular weight excluding hydrogens is 306 g/mol. The van der Waals surface area contributed by atoms with Gasteiger partial charge in [-0.2, -0.15) is 0 Å². The molecule has 3 heterocycles. The molecule has 2 saturated heterocycles. The molecular formula is C18H27N3O3. The maximum Gasteiger partial charge on any atom is 0.228 e. The third kappa shape index (κ3) is 4.53. The van der Waals surface area contributed by atoms with Crippen molar-refractivity contribution in [1.29, 1.82) is 0 Å². The van der Waals surface area contributed by atoms with Gasteiger partial charge in [-0.25, -0.2) is 0 Å². The molecule has 6 nitrogen and oxygen atoms in total. The number of aromatic nitrogens is 1. The second-order valence-electron chi connectivity index (χ2n) is 6.59. The van der Waals surface area contributed by atoms with E-state index in [2.05, 4.69) is 9.88 Å². The minimum atomic E-state index is 0.149. The van der Waals surface area contributed by atoms with Crippen LogP contribution in [0.3, 0.4) is 0 Å². The first-order chi connectivity index (χ1) is 11.8. The molecule has 0 aliphatic carbocycles. The SMILES string of the molecule is COCCN1CCO[C@@H]2CN(C(=O)Cc3ccccn3)CC[C@@H]2C1. The average Bonchev–Trinajstić information content (AvgIpc) is 2.82. The summed E-state index contributed by atoms with van der Waals surface area (Å²) < 4.78 is 11.2. The highest BCUT2D eigenvalue weighted by Crippen LogP contribution is 2.24. The molecule has 1 aromatic heterocycles. The summed E-state index contributed by atoms with van der Waals surface area (Å²) >= 11 is 0. The minimum absolute atomic E-state index is 0.149. The van der Waals surface area contributed by atoms with Crippen LogP contribution >= 0.6 is 0 Å². The molecule has 3 rings (SSSR count). The summed E-state index contributed by atoms with van der Waals surface area (Å²) in [5.41, 5.74) is 0.831. The highest BCUT2D eigenvalue weighted by Gasteiger charge is 2.34. The summed E-state index contributed by atoms with van der Waals surface area (Å²) in [5.74, 6) is 0.652. The molecule has 0 bridgehead atoms. The van der Waals surface area contributed by atoms with Gasteiger partial charge in [0.15, 0.2) is 0 Å². The van der Waals surface area contributed by atoms with Crippen LogP contribution in [0, 0.1) is 5.92 Å². The zero-order valence-corrected chi connectivity index (χ0v) is 14.4. The first-order valence-corrected chi connectivity index (χ1v) is 8.77. The van der Waals surface area contributed by atoms with Crippen LogP contribution in [0.25, 0.3) is 0 Å². The lowest BCUT2D eigenvalue weighted by Gasteiger charge is -2.38. The smallest absolute Gasteiger partial charge is 0.228 e. The summed E-state index contributed by atoms with van der Waals surface area (Å²) in [6, 6.07) is 5.69. The standard InChI is InChI=1S/C18H27N3O3/c1-23-10-8-20-9-11-24-17-14-21(7-5-15(17)13-20)18(22)12-16-4-2-3-6-19-16/h2-4,6,15,17H,5,7-14H2,1H3/t15-,17-/m1/s1. The van der Waals surface area contributed by atoms with Crippen molar-refractivity contribution < 1.29 is 14.3 Å². The molecule has 2 aliphatic rings. The number of hydrogen-bond donors (Lipinski definition) is 0. The van der Waals surface area contributed by atoms with E-state index in [1.807, 2.05) is 23.1 Å². The molecule has 0 spiro atoms. The van der Waals surface area contributed by atoms with Gasteiger partial charge in [-0.05, 0) is 18.6 Å². The van der Waals surface area contributed by atoms with Crippen molar-refractivity contribution >= 4 is 5.91 Å². The Balaban J connectivity index is 1.53. The van der Waals surface area contributed by atoms with Crippen LogP contribution in [0.1, 0.15) is 12.1 Å². The van der Waals surface area contributed by atoms with Crippen molar-refractivity contribution in [2.45, 2.75) is 18.9 Å². The van der Waals surface area contributed by atoms with Crippen molar-refractivity contribution in [3.8, 4) is 0 Å². The Labute approximate surface area is 143 Å². The number of ether oxygens (including phenoxy) is 2. The minimum Gasteiger partial charge on any atom is -0.383 e. The van der Waals surface area contributed by atoms with Gasteiger partial charge in [-0.15, -0.1) is 0 Å². The lowest BCUT2D eigenvalue weighted by Crippen LogP contribution is -2.49. The zero-order valence-electron chi connectivity index (χ0n) is 14.4. The monoisotopic (exact) mass is 333 g/mol. The van der Waals surface area contributed by atoms with Crippen LogP contribution < -0.4 is 0 Å². The van der Waals surface area contributed by atoms with Gasteiger partial charge in [0.25, 0.3) is 0 Å². The highest BCUT2D eigenvalue weighted by atomic mass is 16.5. The second kappa shape index (κ2) is 8.55. The van der Waals surface area contributed by atoms with Gasteiger partial charge in [0.1, 0.15) is 0 Å². The number of likely N-dealkylation sites (tertiary alicyclic amines) is 1. The third-order valence-electron chi connectivity index (χ3n) is 4.95. The van der Waals surface area contributed by atoms with E-state index in [-0.39, 0.29) is 12.0 Å². The van der Waals surface area contributed by atoms with Gasteiger partial charge in [0, 0.05) is 57.6 Å². The average molecular weight is 333 g/mol. The Bertz CT molecular complexity index is 526. The molecule has 24 heavy (non-hydrogen) atoms. The van der Waals surface area contributed by atoms with Crippen LogP contribution in [-0.4, -0.2) is 79.8 Å². The van der Waals surface area contributed by atoms with Crippen LogP contribution in [0.5, 0.6) is 0 Å². The summed E-state index contributed by atoms with van der Waals surface area (Å²) in [5, 5.41) is 0. The van der Waals surface area contributed by atoms with Gasteiger partial charge in [0.2, 0.25) is 5.91 Å². The Hall–Kier alpha value is -1.50. The Morgan fingerprint density at radius 3 is 3.08 bits per heavy atom. The number of rotatable bonds is 5. The van der Waals surface area contributed by atoms with E-state index in [1.54, 1.807) is 13.3 Å². The molecule has 2 fully saturated rings. The molecule has 0 N–H and O–H groups in total. The van der Waals surface area contributed by atoms with Crippen LogP contribution in [0.4, 0.5) is 0 Å². The number of piperidine rings is 1. The third-order valence-corrected chi connectivity index (χ3v) is 4.95. The fourth-order valence-corrected chi connectivity index (χ4v) is 3.54. The molecule has 0 radical (unpaired) electrons. The van der Waals surface area contributed by atoms with Gasteiger partial charge in [0.05, 0.1) is 25.7 Å². The fourth-order valence-electron chi connectivity index (χ4n) is 3.54. The molecule has 1 amide bonds. The molecule has 0 unspecified atom stereocenters. The number of amides is 1. The van der Waals surface area contributed by atoms with Gasteiger partial charge in [-0.1, -0.05) is 6.07 Å². The Morgan fingerprint density at radius 1 is 1.38 bits per heavy atom. The van der Waals surface area contributed by atoms with Crippen LogP contribution in [-0.2, 0) is 20.7 Å². The molecule has 1 aromatic rings. The molecule has 2 atom stereocenters. The maximum atomic E-state index is 12.5. The van der Waals surface area contributed by atoms with Crippen molar-refractivity contribution in [3.63, 3.8) is 0 Å². The van der Waals surface area contributed by atoms with E-state index in [1.165, 1.54) is 0 Å². The topological polar surface area (TPSA) is 54.9 Å². The number of carbonyl (C=O) groups excluding carboxylic acids is 1. The number of carbonyl (C=O) groups is 1. The normalized spacial score (nSPS) is 25.1. The Morgan fingerprint density at radius 2 is 2.29 bits per heavy atom. The maximum absolute atomic E-state index is 12.5. The number of pyridine rings is 1. The quantitative estimate of drug-likeness (QED) is 0.798. The van der Waals surface area contributed by atoms with Crippen LogP contribution in [0.2, 0.25) is 0 Å². The zero-order chi connectivity index (χ0) is 16.8. The summed E-state index contributed by atoms with van der Waals surface area (Å²) in [6.45, 7) is 5.93. The van der Waals surface area contributed by atoms with E-state index in [0.29, 0.717) is 18.9 Å². The number of methoxy groups -OCH3 is 1. The predicted molar refractivity (Wildman–Crippen MR) is 90.7 cm³/mol. The summed E-state index contributed by atoms with van der Waals surface area (Å²) in [4.78, 5) is 21.1. The fraction of sp³-hybridized carbons (Fsp3) is 0.667. The van der Waals surface area contributed by atoms with E-state index in [4.69, 9.17) is 9.47 Å². The first kappa shape index (κ1) is 17.3. The van der Waals surface area contributed by atoms with Gasteiger partial charge in [-0.3, -0.25) is 14.7 Å². The molecule has 0 aromatic carbocycles. The molecule has 0 saturated carbocycles. The molecule has 2 aliphatic heterocycles. The highest BCUT2D eigenvalue weighted by molar-refractivity contribution is 5.78. The lowest BCUT2D eigenvalue weighted by atomic mass is 9.93. The summed E-state index contributed by atoms with van der Waals surface area (Å²) in [7, 11) is 1.74. The van der Waals surface area contributed by atoms with E-state index < -0.39 is 0 Å². The van der Waals surface area contributed by atoms with E-state index in [0.717, 1.165) is 51.5 Å². The Kier molecular flexibility index (Phi) is 6.18. The number of hydrogen-bond acceptors (Lipinski definition) is 5. The predicted octanol–water partition coefficient (Wildman–Crippen LogP) is 0.820. The molecule has 6 heteroatoms. The van der Waals surface area contributed by atoms with Crippen molar-refractivity contribution in [1.82, 2.24) is 14.8 Å². The van der Waals surface area contributed by atoms with Crippen molar-refractivity contribution in [2.24, 2.45) is 5.92 Å². The van der Waals surface area contributed by atoms with Gasteiger partial charge < -0.3 is 14.4 Å². The summed E-state index contributed by atoms with van der Waals surface area (Å²) in [6.07, 6.45) is 3.26.